The van der Waals surface area contributed by atoms with Crippen LogP contribution >= 0.6 is 11.6 Å². The minimum absolute atomic E-state index is 0.0996. The molecule has 3 rings (SSSR count). The molecule has 0 spiro atoms. The topological polar surface area (TPSA) is 41.6 Å². The van der Waals surface area contributed by atoms with Crippen LogP contribution in [0.15, 0.2) is 42.5 Å². The lowest BCUT2D eigenvalue weighted by molar-refractivity contribution is -0.126. The molecular formula is C23H29ClN2O2. The van der Waals surface area contributed by atoms with Crippen molar-refractivity contribution in [3.8, 4) is 5.75 Å². The molecule has 0 aromatic heterocycles. The van der Waals surface area contributed by atoms with Crippen molar-refractivity contribution in [2.24, 2.45) is 5.92 Å². The van der Waals surface area contributed by atoms with Crippen LogP contribution < -0.4 is 10.1 Å². The molecule has 28 heavy (non-hydrogen) atoms. The Morgan fingerprint density at radius 3 is 2.54 bits per heavy atom. The number of hydrogen-bond donors (Lipinski definition) is 1. The van der Waals surface area contributed by atoms with Crippen LogP contribution in [0.4, 0.5) is 0 Å². The normalized spacial score (nSPS) is 15.4. The summed E-state index contributed by atoms with van der Waals surface area (Å²) in [5.41, 5.74) is 3.61. The van der Waals surface area contributed by atoms with Gasteiger partial charge in [0.25, 0.3) is 0 Å². The minimum Gasteiger partial charge on any atom is -0.491 e. The highest BCUT2D eigenvalue weighted by molar-refractivity contribution is 6.30. The minimum atomic E-state index is 0.0996. The van der Waals surface area contributed by atoms with Gasteiger partial charge in [0.2, 0.25) is 5.91 Å². The fourth-order valence-electron chi connectivity index (χ4n) is 3.64. The molecule has 1 saturated heterocycles. The van der Waals surface area contributed by atoms with Crippen LogP contribution in [-0.4, -0.2) is 37.0 Å². The molecule has 1 aliphatic heterocycles. The van der Waals surface area contributed by atoms with Gasteiger partial charge in [-0.1, -0.05) is 41.4 Å². The van der Waals surface area contributed by atoms with Crippen molar-refractivity contribution in [2.45, 2.75) is 33.2 Å². The second-order valence-electron chi connectivity index (χ2n) is 7.59. The summed E-state index contributed by atoms with van der Waals surface area (Å²) in [6.07, 6.45) is 1.80. The fourth-order valence-corrected chi connectivity index (χ4v) is 3.77. The summed E-state index contributed by atoms with van der Waals surface area (Å²) >= 11 is 5.94. The molecule has 0 atom stereocenters. The van der Waals surface area contributed by atoms with Crippen LogP contribution in [0, 0.1) is 19.8 Å². The summed E-state index contributed by atoms with van der Waals surface area (Å²) < 4.78 is 5.79. The molecule has 0 aliphatic carbocycles. The Kier molecular flexibility index (Phi) is 7.35. The van der Waals surface area contributed by atoms with E-state index in [2.05, 4.69) is 35.3 Å². The molecule has 1 heterocycles. The Morgan fingerprint density at radius 1 is 1.14 bits per heavy atom. The van der Waals surface area contributed by atoms with E-state index in [4.69, 9.17) is 16.3 Å². The van der Waals surface area contributed by atoms with Gasteiger partial charge >= 0.3 is 0 Å². The summed E-state index contributed by atoms with van der Waals surface area (Å²) in [7, 11) is 0. The molecule has 5 heteroatoms. The number of halogens is 1. The van der Waals surface area contributed by atoms with E-state index >= 15 is 0 Å². The van der Waals surface area contributed by atoms with E-state index in [1.165, 1.54) is 11.1 Å². The van der Waals surface area contributed by atoms with Crippen molar-refractivity contribution in [3.05, 3.63) is 64.2 Å². The molecule has 0 radical (unpaired) electrons. The quantitative estimate of drug-likeness (QED) is 0.702. The highest BCUT2D eigenvalue weighted by atomic mass is 35.5. The van der Waals surface area contributed by atoms with Crippen LogP contribution in [0.1, 0.15) is 29.5 Å². The molecule has 1 N–H and O–H groups in total. The fraction of sp³-hybridized carbons (Fsp3) is 0.435. The van der Waals surface area contributed by atoms with Gasteiger partial charge in [0.15, 0.2) is 0 Å². The van der Waals surface area contributed by atoms with Crippen molar-refractivity contribution < 1.29 is 9.53 Å². The second kappa shape index (κ2) is 9.94. The first-order chi connectivity index (χ1) is 13.5. The predicted octanol–water partition coefficient (Wildman–Crippen LogP) is 4.36. The van der Waals surface area contributed by atoms with Gasteiger partial charge in [-0.3, -0.25) is 9.69 Å². The summed E-state index contributed by atoms with van der Waals surface area (Å²) in [5.74, 6) is 1.13. The summed E-state index contributed by atoms with van der Waals surface area (Å²) in [4.78, 5) is 14.8. The molecule has 1 fully saturated rings. The standard InChI is InChI=1S/C23H29ClN2O2/c1-17-3-8-22(18(2)15-17)28-14-11-25-23(27)20-9-12-26(13-10-20)16-19-4-6-21(24)7-5-19/h3-8,15,20H,9-14,16H2,1-2H3,(H,25,27). The monoisotopic (exact) mass is 400 g/mol. The number of ether oxygens (including phenoxy) is 1. The first-order valence-electron chi connectivity index (χ1n) is 9.96. The first kappa shape index (κ1) is 20.7. The highest BCUT2D eigenvalue weighted by Crippen LogP contribution is 2.20. The number of aryl methyl sites for hydroxylation is 2. The Hall–Kier alpha value is -2.04. The second-order valence-corrected chi connectivity index (χ2v) is 8.02. The molecule has 2 aromatic rings. The van der Waals surface area contributed by atoms with E-state index in [-0.39, 0.29) is 11.8 Å². The Morgan fingerprint density at radius 2 is 1.86 bits per heavy atom. The number of rotatable bonds is 7. The predicted molar refractivity (Wildman–Crippen MR) is 114 cm³/mol. The van der Waals surface area contributed by atoms with Crippen LogP contribution in [0.5, 0.6) is 5.75 Å². The van der Waals surface area contributed by atoms with Crippen molar-refractivity contribution >= 4 is 17.5 Å². The number of nitrogens with one attached hydrogen (secondary N) is 1. The van der Waals surface area contributed by atoms with Gasteiger partial charge in [0.1, 0.15) is 12.4 Å². The van der Waals surface area contributed by atoms with Crippen molar-refractivity contribution in [3.63, 3.8) is 0 Å². The third-order valence-electron chi connectivity index (χ3n) is 5.27. The van der Waals surface area contributed by atoms with Crippen molar-refractivity contribution in [1.29, 1.82) is 0 Å². The number of likely N-dealkylation sites (tertiary alicyclic amines) is 1. The summed E-state index contributed by atoms with van der Waals surface area (Å²) in [5, 5.41) is 3.79. The maximum Gasteiger partial charge on any atom is 0.223 e. The Labute approximate surface area is 172 Å². The maximum atomic E-state index is 12.4. The zero-order valence-corrected chi connectivity index (χ0v) is 17.5. The van der Waals surface area contributed by atoms with Crippen LogP contribution in [0.2, 0.25) is 5.02 Å². The number of carbonyl (C=O) groups excluding carboxylic acids is 1. The van der Waals surface area contributed by atoms with Gasteiger partial charge < -0.3 is 10.1 Å². The zero-order chi connectivity index (χ0) is 19.9. The Bertz CT molecular complexity index is 784. The van der Waals surface area contributed by atoms with Gasteiger partial charge in [-0.2, -0.15) is 0 Å². The van der Waals surface area contributed by atoms with Crippen LogP contribution in [0.25, 0.3) is 0 Å². The summed E-state index contributed by atoms with van der Waals surface area (Å²) in [6.45, 7) is 7.94. The van der Waals surface area contributed by atoms with Crippen LogP contribution in [-0.2, 0) is 11.3 Å². The van der Waals surface area contributed by atoms with Crippen molar-refractivity contribution in [2.75, 3.05) is 26.2 Å². The number of hydrogen-bond acceptors (Lipinski definition) is 3. The Balaban J connectivity index is 1.35. The van der Waals surface area contributed by atoms with Gasteiger partial charge in [-0.15, -0.1) is 0 Å². The largest absolute Gasteiger partial charge is 0.491 e. The molecule has 0 saturated carbocycles. The van der Waals surface area contributed by atoms with Gasteiger partial charge in [0, 0.05) is 17.5 Å². The number of amides is 1. The molecule has 0 bridgehead atoms. The first-order valence-corrected chi connectivity index (χ1v) is 10.3. The molecule has 1 amide bonds. The number of piperidine rings is 1. The molecule has 1 aliphatic rings. The number of nitrogens with zero attached hydrogens (tertiary/aromatic N) is 1. The lowest BCUT2D eigenvalue weighted by Gasteiger charge is -2.31. The van der Waals surface area contributed by atoms with Gasteiger partial charge in [-0.05, 0) is 69.1 Å². The van der Waals surface area contributed by atoms with E-state index in [0.717, 1.165) is 48.8 Å². The lowest BCUT2D eigenvalue weighted by Crippen LogP contribution is -2.41. The molecule has 4 nitrogen and oxygen atoms in total. The van der Waals surface area contributed by atoms with E-state index < -0.39 is 0 Å². The highest BCUT2D eigenvalue weighted by Gasteiger charge is 2.24. The number of carbonyl (C=O) groups is 1. The zero-order valence-electron chi connectivity index (χ0n) is 16.7. The van der Waals surface area contributed by atoms with E-state index in [1.54, 1.807) is 0 Å². The van der Waals surface area contributed by atoms with E-state index in [0.29, 0.717) is 13.2 Å². The third kappa shape index (κ3) is 5.98. The number of benzene rings is 2. The van der Waals surface area contributed by atoms with Crippen LogP contribution in [0.3, 0.4) is 0 Å². The molecular weight excluding hydrogens is 372 g/mol. The molecule has 0 unspecified atom stereocenters. The average Bonchev–Trinajstić information content (AvgIpc) is 2.69. The average molecular weight is 401 g/mol. The maximum absolute atomic E-state index is 12.4. The molecule has 2 aromatic carbocycles. The van der Waals surface area contributed by atoms with E-state index in [9.17, 15) is 4.79 Å². The smallest absolute Gasteiger partial charge is 0.223 e. The van der Waals surface area contributed by atoms with E-state index in [1.807, 2.05) is 31.2 Å². The summed E-state index contributed by atoms with van der Waals surface area (Å²) in [6, 6.07) is 14.1. The molecule has 150 valence electrons. The lowest BCUT2D eigenvalue weighted by atomic mass is 9.95. The van der Waals surface area contributed by atoms with Crippen molar-refractivity contribution in [1.82, 2.24) is 10.2 Å². The van der Waals surface area contributed by atoms with Gasteiger partial charge in [0.05, 0.1) is 6.54 Å². The van der Waals surface area contributed by atoms with Gasteiger partial charge in [-0.25, -0.2) is 0 Å². The third-order valence-corrected chi connectivity index (χ3v) is 5.52. The SMILES string of the molecule is Cc1ccc(OCCNC(=O)C2CCN(Cc3ccc(Cl)cc3)CC2)c(C)c1.